The summed E-state index contributed by atoms with van der Waals surface area (Å²) in [7, 11) is 9.47. The van der Waals surface area contributed by atoms with Crippen molar-refractivity contribution in [1.82, 2.24) is 30.7 Å². The fraction of sp³-hybridized carbons (Fsp3) is 0.386. The van der Waals surface area contributed by atoms with Gasteiger partial charge in [-0.15, -0.1) is 0 Å². The number of carbonyl (C=O) groups excluding carboxylic acids is 4. The first-order valence-electron chi connectivity index (χ1n) is 25.8. The molecule has 20 nitrogen and oxygen atoms in total. The van der Waals surface area contributed by atoms with Crippen LogP contribution in [-0.4, -0.2) is 143 Å². The standard InChI is InChI=1S/C17H15N2O5PS.C16H24N2O.C9H10O2.C8H7N2O4PS.C7H16N2/c1-11-2-4-12(5-3-11)8-16(20)24-15-7-6-13(9-14(15)19(22)23)17(21)18-10-25-26;1-13-4-6-14(7-5-13)12-16(19)18(3)15-8-10-17(2)11-9-15;1-7-2-4-8(5-3-7)6-9(10)11;11-7-2-1-5(3-6(7)10(13)14)8(12)9-4-15-16;1-8-7-3-5-9(2)6-4-7/h2-7,9H,8,10H2,1H3,(H,18,21);4-7,15H,8-12H2,1-3H3;2-5H,6H2,1H3,(H,10,11);1-3,11H,4H2,(H,9,12);7-8H,3-6H2,1-2H3. The fourth-order valence-corrected chi connectivity index (χ4v) is 8.71. The summed E-state index contributed by atoms with van der Waals surface area (Å²) in [5, 5.41) is 47.7. The average molecular weight is 1190 g/mol. The second kappa shape index (κ2) is 36.3. The summed E-state index contributed by atoms with van der Waals surface area (Å²) in [4.78, 5) is 84.9. The highest BCUT2D eigenvalue weighted by Gasteiger charge is 2.25. The summed E-state index contributed by atoms with van der Waals surface area (Å²) >= 11 is 9.33. The number of ether oxygens (including phenoxy) is 1. The number of esters is 1. The van der Waals surface area contributed by atoms with E-state index in [1.165, 1.54) is 49.7 Å². The van der Waals surface area contributed by atoms with Gasteiger partial charge in [-0.1, -0.05) is 113 Å². The Morgan fingerprint density at radius 3 is 1.47 bits per heavy atom. The number of rotatable bonds is 17. The number of phenolic OH excluding ortho intramolecular Hbond substituents is 1. The van der Waals surface area contributed by atoms with Crippen LogP contribution in [0.1, 0.15) is 79.8 Å². The molecule has 0 bridgehead atoms. The molecule has 5 N–H and O–H groups in total. The number of carboxylic acid groups (broad SMARTS) is 1. The summed E-state index contributed by atoms with van der Waals surface area (Å²) in [6.45, 7) is 10.7. The minimum atomic E-state index is -0.783. The molecule has 0 aliphatic carbocycles. The molecule has 2 saturated heterocycles. The van der Waals surface area contributed by atoms with Gasteiger partial charge >= 0.3 is 23.3 Å². The van der Waals surface area contributed by atoms with Gasteiger partial charge in [0.15, 0.2) is 5.75 Å². The van der Waals surface area contributed by atoms with E-state index in [0.29, 0.717) is 33.5 Å². The smallest absolute Gasteiger partial charge is 0.315 e. The number of phenols is 1. The molecule has 81 heavy (non-hydrogen) atoms. The van der Waals surface area contributed by atoms with Gasteiger partial charge in [-0.05, 0) is 149 Å². The zero-order valence-corrected chi connectivity index (χ0v) is 50.1. The minimum absolute atomic E-state index is 0.0163. The third-order valence-corrected chi connectivity index (χ3v) is 14.2. The number of carboxylic acids is 1. The number of aromatic hydroxyl groups is 1. The lowest BCUT2D eigenvalue weighted by atomic mass is 10.0. The number of aliphatic carboxylic acids is 1. The highest BCUT2D eigenvalue weighted by atomic mass is 32.4. The number of nitro benzene ring substituents is 2. The molecule has 434 valence electrons. The highest BCUT2D eigenvalue weighted by molar-refractivity contribution is 7.96. The first-order chi connectivity index (χ1) is 38.5. The number of benzene rings is 5. The van der Waals surface area contributed by atoms with Gasteiger partial charge in [0.1, 0.15) is 0 Å². The van der Waals surface area contributed by atoms with Crippen LogP contribution >= 0.6 is 14.7 Å². The van der Waals surface area contributed by atoms with E-state index in [2.05, 4.69) is 89.9 Å². The van der Waals surface area contributed by atoms with Crippen LogP contribution in [0.4, 0.5) is 11.4 Å². The van der Waals surface area contributed by atoms with E-state index in [1.54, 1.807) is 12.1 Å². The van der Waals surface area contributed by atoms with E-state index in [4.69, 9.17) is 21.7 Å². The molecule has 5 aromatic rings. The molecule has 2 aliphatic heterocycles. The number of nitro groups is 2. The van der Waals surface area contributed by atoms with E-state index in [-0.39, 0.29) is 41.9 Å². The maximum Gasteiger partial charge on any atom is 0.315 e. The summed E-state index contributed by atoms with van der Waals surface area (Å²) in [5.41, 5.74) is 5.40. The maximum absolute atomic E-state index is 12.3. The molecular weight excluding hydrogens is 1110 g/mol. The lowest BCUT2D eigenvalue weighted by Gasteiger charge is -2.35. The molecule has 7 rings (SSSR count). The Morgan fingerprint density at radius 1 is 0.642 bits per heavy atom. The molecule has 0 atom stereocenters. The second-order valence-corrected chi connectivity index (χ2v) is 21.9. The SMILES string of the molecule is CNC1CCN(C)CC1.Cc1ccc(CC(=O)N(C)C2CCN(C)CC2)cc1.Cc1ccc(CC(=O)O)cc1.Cc1ccc(CC(=O)Oc2ccc(C(=O)NCP=S)cc2[N+](=O)[O-])cc1.O=C(NCP=S)c1ccc(O)c([N+](=O)[O-])c1. The number of piperidine rings is 2. The molecule has 3 amide bonds. The first kappa shape index (κ1) is 68.2. The Kier molecular flexibility index (Phi) is 30.6. The summed E-state index contributed by atoms with van der Waals surface area (Å²) in [6, 6.07) is 31.3. The third-order valence-electron chi connectivity index (χ3n) is 12.9. The Morgan fingerprint density at radius 2 is 1.05 bits per heavy atom. The van der Waals surface area contributed by atoms with Crippen molar-refractivity contribution in [2.24, 2.45) is 0 Å². The van der Waals surface area contributed by atoms with Gasteiger partial charge in [-0.25, -0.2) is 0 Å². The number of likely N-dealkylation sites (tertiary alicyclic amines) is 2. The Bertz CT molecular complexity index is 2890. The van der Waals surface area contributed by atoms with Gasteiger partial charge < -0.3 is 45.6 Å². The summed E-state index contributed by atoms with van der Waals surface area (Å²) in [6.07, 6.45) is 5.97. The summed E-state index contributed by atoms with van der Waals surface area (Å²) < 4.78 is 5.13. The van der Waals surface area contributed by atoms with Crippen molar-refractivity contribution >= 4 is 79.4 Å². The fourth-order valence-electron chi connectivity index (χ4n) is 7.91. The van der Waals surface area contributed by atoms with Crippen molar-refractivity contribution in [2.45, 2.75) is 77.8 Å². The van der Waals surface area contributed by atoms with Gasteiger partial charge in [0.2, 0.25) is 11.7 Å². The van der Waals surface area contributed by atoms with Gasteiger partial charge in [-0.2, -0.15) is 0 Å². The van der Waals surface area contributed by atoms with Crippen LogP contribution in [0, 0.1) is 41.0 Å². The number of aryl methyl sites for hydroxylation is 3. The average Bonchev–Trinajstić information content (AvgIpc) is 3.46. The van der Waals surface area contributed by atoms with Gasteiger partial charge in [0, 0.05) is 42.4 Å². The molecule has 0 aromatic heterocycles. The number of amides is 3. The Hall–Kier alpha value is -7.03. The maximum atomic E-state index is 12.3. The van der Waals surface area contributed by atoms with Crippen molar-refractivity contribution < 1.29 is 48.8 Å². The van der Waals surface area contributed by atoms with E-state index < -0.39 is 50.7 Å². The molecule has 0 saturated carbocycles. The molecule has 2 heterocycles. The molecule has 0 unspecified atom stereocenters. The molecule has 0 spiro atoms. The van der Waals surface area contributed by atoms with E-state index in [1.807, 2.05) is 62.2 Å². The van der Waals surface area contributed by atoms with Crippen molar-refractivity contribution in [3.63, 3.8) is 0 Å². The molecule has 24 heteroatoms. The Balaban J connectivity index is 0.000000278. The Labute approximate surface area is 486 Å². The zero-order chi connectivity index (χ0) is 60.0. The molecular formula is C57H72N8O12P2S2. The van der Waals surface area contributed by atoms with E-state index in [9.17, 15) is 49.3 Å². The lowest BCUT2D eigenvalue weighted by Crippen LogP contribution is -2.44. The zero-order valence-electron chi connectivity index (χ0n) is 46.7. The number of nitrogens with one attached hydrogen (secondary N) is 3. The van der Waals surface area contributed by atoms with E-state index >= 15 is 0 Å². The minimum Gasteiger partial charge on any atom is -0.502 e. The summed E-state index contributed by atoms with van der Waals surface area (Å²) in [5.74, 6) is -2.79. The topological polar surface area (TPSA) is 267 Å². The largest absolute Gasteiger partial charge is 0.502 e. The van der Waals surface area contributed by atoms with Crippen LogP contribution in [0.25, 0.3) is 0 Å². The number of hydrogen-bond donors (Lipinski definition) is 5. The molecule has 2 fully saturated rings. The number of hydrogen-bond acceptors (Lipinski definition) is 16. The van der Waals surface area contributed by atoms with E-state index in [0.717, 1.165) is 78.0 Å². The van der Waals surface area contributed by atoms with Gasteiger partial charge in [0.25, 0.3) is 11.8 Å². The predicted molar refractivity (Wildman–Crippen MR) is 322 cm³/mol. The van der Waals surface area contributed by atoms with Crippen LogP contribution in [0.5, 0.6) is 11.5 Å². The van der Waals surface area contributed by atoms with Crippen molar-refractivity contribution in [1.29, 1.82) is 0 Å². The van der Waals surface area contributed by atoms with Gasteiger partial charge in [0.05, 0.1) is 41.7 Å². The highest BCUT2D eigenvalue weighted by Crippen LogP contribution is 2.29. The van der Waals surface area contributed by atoms with Crippen LogP contribution in [0.2, 0.25) is 0 Å². The molecule has 2 aliphatic rings. The number of carbonyl (C=O) groups is 5. The van der Waals surface area contributed by atoms with Crippen molar-refractivity contribution in [3.05, 3.63) is 174 Å². The normalized spacial score (nSPS) is 13.4. The first-order valence-corrected chi connectivity index (χ1v) is 30.0. The van der Waals surface area contributed by atoms with Crippen molar-refractivity contribution in [2.75, 3.05) is 66.9 Å². The molecule has 5 aromatic carbocycles. The quantitative estimate of drug-likeness (QED) is 0.0192. The van der Waals surface area contributed by atoms with Crippen molar-refractivity contribution in [3.8, 4) is 11.5 Å². The predicted octanol–water partition coefficient (Wildman–Crippen LogP) is 8.55. The number of likely N-dealkylation sites (N-methyl/N-ethyl adjacent to an activating group) is 1. The number of nitrogens with zero attached hydrogens (tertiary/aromatic N) is 5. The third kappa shape index (κ3) is 26.0. The van der Waals surface area contributed by atoms with Crippen LogP contribution in [-0.2, 0) is 57.3 Å². The monoisotopic (exact) mass is 1190 g/mol. The molecule has 0 radical (unpaired) electrons. The second-order valence-electron chi connectivity index (χ2n) is 19.2. The van der Waals surface area contributed by atoms with Gasteiger partial charge in [-0.3, -0.25) is 44.2 Å². The van der Waals surface area contributed by atoms with Crippen LogP contribution in [0.15, 0.2) is 109 Å². The lowest BCUT2D eigenvalue weighted by molar-refractivity contribution is -0.385. The van der Waals surface area contributed by atoms with Crippen LogP contribution in [0.3, 0.4) is 0 Å². The van der Waals surface area contributed by atoms with Crippen LogP contribution < -0.4 is 20.7 Å².